The van der Waals surface area contributed by atoms with Gasteiger partial charge in [0, 0.05) is 29.5 Å². The molecule has 40 heavy (non-hydrogen) atoms. The molecule has 0 saturated carbocycles. The number of nitrogens with zero attached hydrogens (tertiary/aromatic N) is 3. The molecule has 2 saturated heterocycles. The number of likely N-dealkylation sites (tertiary alicyclic amines) is 1. The third-order valence-electron chi connectivity index (χ3n) is 8.78. The average Bonchev–Trinajstić information content (AvgIpc) is 3.22. The van der Waals surface area contributed by atoms with E-state index < -0.39 is 35.1 Å². The highest BCUT2D eigenvalue weighted by Crippen LogP contribution is 2.58. The van der Waals surface area contributed by atoms with Gasteiger partial charge in [0.15, 0.2) is 0 Å². The molecule has 1 N–H and O–H groups in total. The SMILES string of the molecule is CC[C@@H](CO)N1C(=O)[C@@H]2[C@H]3C(=O)N(c4ccccc4)CC=C[C@@]3(C)O[C@@]23C=CCN(c2ccc(Cl)cc2)C(=O)C13. The third-order valence-corrected chi connectivity index (χ3v) is 9.03. The first-order valence-electron chi connectivity index (χ1n) is 13.7. The Morgan fingerprint density at radius 3 is 2.17 bits per heavy atom. The molecule has 0 radical (unpaired) electrons. The monoisotopic (exact) mass is 561 g/mol. The first-order chi connectivity index (χ1) is 19.3. The van der Waals surface area contributed by atoms with Crippen molar-refractivity contribution in [3.05, 3.63) is 83.9 Å². The fourth-order valence-electron chi connectivity index (χ4n) is 6.96. The molecular formula is C31H32ClN3O5. The minimum atomic E-state index is -1.39. The van der Waals surface area contributed by atoms with Crippen molar-refractivity contribution in [2.75, 3.05) is 29.5 Å². The molecule has 0 aliphatic carbocycles. The number of rotatable bonds is 5. The Balaban J connectivity index is 1.50. The van der Waals surface area contributed by atoms with Gasteiger partial charge in [0.2, 0.25) is 11.8 Å². The quantitative estimate of drug-likeness (QED) is 0.564. The van der Waals surface area contributed by atoms with E-state index in [1.807, 2.05) is 68.5 Å². The summed E-state index contributed by atoms with van der Waals surface area (Å²) in [6.45, 7) is 3.97. The van der Waals surface area contributed by atoms with Gasteiger partial charge in [-0.1, -0.05) is 61.0 Å². The van der Waals surface area contributed by atoms with Crippen LogP contribution in [-0.2, 0) is 19.1 Å². The highest BCUT2D eigenvalue weighted by molar-refractivity contribution is 6.30. The summed E-state index contributed by atoms with van der Waals surface area (Å²) in [5.74, 6) is -2.73. The van der Waals surface area contributed by atoms with Crippen LogP contribution in [0.15, 0.2) is 78.9 Å². The van der Waals surface area contributed by atoms with Gasteiger partial charge >= 0.3 is 0 Å². The predicted octanol–water partition coefficient (Wildman–Crippen LogP) is 3.59. The van der Waals surface area contributed by atoms with Gasteiger partial charge < -0.3 is 24.5 Å². The lowest BCUT2D eigenvalue weighted by Crippen LogP contribution is -2.58. The van der Waals surface area contributed by atoms with E-state index in [9.17, 15) is 19.5 Å². The number of halogens is 1. The van der Waals surface area contributed by atoms with Crippen LogP contribution in [0, 0.1) is 11.8 Å². The first-order valence-corrected chi connectivity index (χ1v) is 14.1. The summed E-state index contributed by atoms with van der Waals surface area (Å²) in [6.07, 6.45) is 7.85. The Kier molecular flexibility index (Phi) is 6.60. The Morgan fingerprint density at radius 1 is 0.900 bits per heavy atom. The van der Waals surface area contributed by atoms with Crippen molar-refractivity contribution < 1.29 is 24.2 Å². The van der Waals surface area contributed by atoms with Gasteiger partial charge in [-0.05, 0) is 49.7 Å². The standard InChI is InChI=1S/C31H32ClN3O5/c1-3-21(19-36)35-26-29(39)34(23-13-11-20(32)12-14-23)18-8-16-31(26)25(28(35)38)24-27(37)33(22-9-5-4-6-10-22)17-7-15-30(24,2)40-31/h4-16,21,24-26,36H,3,17-19H2,1-2H3/t21-,24-,25-,26?,30+,31-/m0/s1. The third kappa shape index (κ3) is 3.84. The van der Waals surface area contributed by atoms with Crippen LogP contribution in [0.4, 0.5) is 11.4 Å². The highest BCUT2D eigenvalue weighted by Gasteiger charge is 2.75. The van der Waals surface area contributed by atoms with Crippen molar-refractivity contribution in [2.45, 2.75) is 43.6 Å². The molecule has 3 amide bonds. The summed E-state index contributed by atoms with van der Waals surface area (Å²) >= 11 is 6.11. The van der Waals surface area contributed by atoms with Crippen LogP contribution in [0.1, 0.15) is 20.3 Å². The second kappa shape index (κ2) is 9.87. The Bertz CT molecular complexity index is 1390. The van der Waals surface area contributed by atoms with Crippen LogP contribution >= 0.6 is 11.6 Å². The Hall–Kier alpha value is -3.46. The van der Waals surface area contributed by atoms with Crippen molar-refractivity contribution in [1.29, 1.82) is 0 Å². The van der Waals surface area contributed by atoms with E-state index in [-0.39, 0.29) is 30.9 Å². The maximum absolute atomic E-state index is 14.5. The summed E-state index contributed by atoms with van der Waals surface area (Å²) < 4.78 is 6.86. The molecule has 8 nitrogen and oxygen atoms in total. The van der Waals surface area contributed by atoms with E-state index in [0.717, 1.165) is 5.69 Å². The van der Waals surface area contributed by atoms with Gasteiger partial charge in [-0.2, -0.15) is 0 Å². The molecule has 4 aliphatic heterocycles. The van der Waals surface area contributed by atoms with Crippen LogP contribution in [0.5, 0.6) is 0 Å². The maximum atomic E-state index is 14.5. The molecule has 0 aromatic heterocycles. The highest BCUT2D eigenvalue weighted by atomic mass is 35.5. The molecule has 6 rings (SSSR count). The molecule has 0 bridgehead atoms. The Morgan fingerprint density at radius 2 is 1.52 bits per heavy atom. The number of para-hydroxylation sites is 1. The topological polar surface area (TPSA) is 90.4 Å². The minimum Gasteiger partial charge on any atom is -0.394 e. The fourth-order valence-corrected chi connectivity index (χ4v) is 7.09. The van der Waals surface area contributed by atoms with Crippen LogP contribution in [0.25, 0.3) is 0 Å². The van der Waals surface area contributed by atoms with Crippen molar-refractivity contribution in [3.8, 4) is 0 Å². The number of aliphatic hydroxyl groups is 1. The van der Waals surface area contributed by atoms with Crippen LogP contribution in [0.2, 0.25) is 5.02 Å². The van der Waals surface area contributed by atoms with Gasteiger partial charge in [0.1, 0.15) is 11.6 Å². The van der Waals surface area contributed by atoms with Gasteiger partial charge in [0.25, 0.3) is 5.91 Å². The van der Waals surface area contributed by atoms with E-state index in [2.05, 4.69) is 0 Å². The van der Waals surface area contributed by atoms with E-state index in [4.69, 9.17) is 16.3 Å². The molecule has 2 aromatic rings. The molecule has 2 aromatic carbocycles. The van der Waals surface area contributed by atoms with E-state index >= 15 is 0 Å². The molecule has 1 unspecified atom stereocenters. The molecule has 2 fully saturated rings. The molecule has 6 atom stereocenters. The van der Waals surface area contributed by atoms with Gasteiger partial charge in [-0.3, -0.25) is 14.4 Å². The van der Waals surface area contributed by atoms with E-state index in [1.165, 1.54) is 4.90 Å². The van der Waals surface area contributed by atoms with Crippen LogP contribution in [-0.4, -0.2) is 70.7 Å². The van der Waals surface area contributed by atoms with Gasteiger partial charge in [-0.25, -0.2) is 0 Å². The largest absolute Gasteiger partial charge is 0.394 e. The summed E-state index contributed by atoms with van der Waals surface area (Å²) in [5.41, 5.74) is -1.15. The van der Waals surface area contributed by atoms with Crippen molar-refractivity contribution in [1.82, 2.24) is 4.90 Å². The average molecular weight is 562 g/mol. The first kappa shape index (κ1) is 26.7. The number of amides is 3. The van der Waals surface area contributed by atoms with Crippen molar-refractivity contribution >= 4 is 40.7 Å². The number of benzene rings is 2. The van der Waals surface area contributed by atoms with Crippen LogP contribution < -0.4 is 9.80 Å². The lowest BCUT2D eigenvalue weighted by atomic mass is 9.74. The van der Waals surface area contributed by atoms with Gasteiger partial charge in [0.05, 0.1) is 30.1 Å². The summed E-state index contributed by atoms with van der Waals surface area (Å²) in [7, 11) is 0. The number of carbonyl (C=O) groups excluding carboxylic acids is 3. The van der Waals surface area contributed by atoms with Crippen LogP contribution in [0.3, 0.4) is 0 Å². The second-order valence-electron chi connectivity index (χ2n) is 11.0. The Labute approximate surface area is 238 Å². The number of anilines is 2. The second-order valence-corrected chi connectivity index (χ2v) is 11.4. The van der Waals surface area contributed by atoms with Crippen molar-refractivity contribution in [3.63, 3.8) is 0 Å². The van der Waals surface area contributed by atoms with E-state index in [1.54, 1.807) is 34.1 Å². The summed E-state index contributed by atoms with van der Waals surface area (Å²) in [5, 5.41) is 10.9. The molecule has 208 valence electrons. The number of fused-ring (bicyclic) bond motifs is 2. The lowest BCUT2D eigenvalue weighted by Gasteiger charge is -2.40. The summed E-state index contributed by atoms with van der Waals surface area (Å²) in [6, 6.07) is 14.6. The fraction of sp³-hybridized carbons (Fsp3) is 0.387. The lowest BCUT2D eigenvalue weighted by molar-refractivity contribution is -0.148. The molecule has 1 spiro atoms. The number of carbonyl (C=O) groups is 3. The number of hydrogen-bond acceptors (Lipinski definition) is 5. The zero-order chi connectivity index (χ0) is 28.2. The predicted molar refractivity (Wildman–Crippen MR) is 152 cm³/mol. The van der Waals surface area contributed by atoms with E-state index in [0.29, 0.717) is 23.7 Å². The normalized spacial score (nSPS) is 32.0. The number of ether oxygens (including phenoxy) is 1. The maximum Gasteiger partial charge on any atom is 0.253 e. The molecular weight excluding hydrogens is 530 g/mol. The zero-order valence-corrected chi connectivity index (χ0v) is 23.2. The molecule has 9 heteroatoms. The number of aliphatic hydroxyl groups excluding tert-OH is 1. The molecule has 4 aliphatic rings. The smallest absolute Gasteiger partial charge is 0.253 e. The number of hydrogen-bond donors (Lipinski definition) is 1. The molecule has 4 heterocycles. The summed E-state index contributed by atoms with van der Waals surface area (Å²) in [4.78, 5) is 48.0. The minimum absolute atomic E-state index is 0.230. The van der Waals surface area contributed by atoms with Gasteiger partial charge in [-0.15, -0.1) is 0 Å². The van der Waals surface area contributed by atoms with Crippen molar-refractivity contribution in [2.24, 2.45) is 11.8 Å². The zero-order valence-electron chi connectivity index (χ0n) is 22.4.